The molecule has 0 spiro atoms. The molecule has 0 bridgehead atoms. The minimum atomic E-state index is 0.826. The molecule has 4 radical (unpaired) electrons. The highest BCUT2D eigenvalue weighted by molar-refractivity contribution is 5.05. The van der Waals surface area contributed by atoms with Crippen LogP contribution in [-0.4, -0.2) is 0 Å². The predicted octanol–water partition coefficient (Wildman–Crippen LogP) is 1.19. The van der Waals surface area contributed by atoms with Crippen molar-refractivity contribution in [2.45, 2.75) is 6.42 Å². The Hall–Kier alpha value is -0.520. The third kappa shape index (κ3) is 0.713. The topological polar surface area (TPSA) is 0 Å². The lowest BCUT2D eigenvalue weighted by Gasteiger charge is -1.85. The maximum atomic E-state index is 2.91. The van der Waals surface area contributed by atoms with Crippen molar-refractivity contribution in [3.8, 4) is 0 Å². The van der Waals surface area contributed by atoms with E-state index < -0.39 is 0 Å². The molecule has 6 heavy (non-hydrogen) atoms. The van der Waals surface area contributed by atoms with Crippen molar-refractivity contribution in [3.63, 3.8) is 0 Å². The molecular formula is C6H4. The van der Waals surface area contributed by atoms with Crippen LogP contribution < -0.4 is 0 Å². The van der Waals surface area contributed by atoms with Gasteiger partial charge in [0.2, 0.25) is 0 Å². The first-order valence-corrected chi connectivity index (χ1v) is 1.86. The average Bonchev–Trinajstić information content (AvgIpc) is 1.72. The largest absolute Gasteiger partial charge is 0.0683 e. The van der Waals surface area contributed by atoms with Crippen molar-refractivity contribution >= 4 is 0 Å². The number of allylic oxidation sites excluding steroid dienone is 4. The maximum Gasteiger partial charge on any atom is 0.0138 e. The van der Waals surface area contributed by atoms with Crippen molar-refractivity contribution in [2.24, 2.45) is 0 Å². The van der Waals surface area contributed by atoms with Gasteiger partial charge in [0.15, 0.2) is 0 Å². The lowest BCUT2D eigenvalue weighted by molar-refractivity contribution is 1.22. The molecule has 0 saturated carbocycles. The molecule has 1 aliphatic rings. The van der Waals surface area contributed by atoms with Gasteiger partial charge < -0.3 is 0 Å². The summed E-state index contributed by atoms with van der Waals surface area (Å²) in [4.78, 5) is 0. The summed E-state index contributed by atoms with van der Waals surface area (Å²) in [6.45, 7) is 0. The SMILES string of the molecule is [C]1C=[C]C=[C]C1. The van der Waals surface area contributed by atoms with E-state index in [1.165, 1.54) is 0 Å². The maximum absolute atomic E-state index is 2.91. The van der Waals surface area contributed by atoms with Gasteiger partial charge >= 0.3 is 0 Å². The molecule has 0 atom stereocenters. The molecule has 0 aromatic heterocycles. The van der Waals surface area contributed by atoms with E-state index in [0.717, 1.165) is 6.42 Å². The monoisotopic (exact) mass is 76.0 g/mol. The molecule has 28 valence electrons. The lowest BCUT2D eigenvalue weighted by atomic mass is 10.2. The quantitative estimate of drug-likeness (QED) is 0.406. The van der Waals surface area contributed by atoms with E-state index >= 15 is 0 Å². The Labute approximate surface area is 38.2 Å². The number of rotatable bonds is 0. The Balaban J connectivity index is 2.46. The lowest BCUT2D eigenvalue weighted by Crippen LogP contribution is -1.71. The Morgan fingerprint density at radius 3 is 2.50 bits per heavy atom. The summed E-state index contributed by atoms with van der Waals surface area (Å²) >= 11 is 0. The van der Waals surface area contributed by atoms with Gasteiger partial charge in [-0.1, -0.05) is 12.2 Å². The van der Waals surface area contributed by atoms with E-state index in [2.05, 4.69) is 18.6 Å². The van der Waals surface area contributed by atoms with Crippen LogP contribution in [0.3, 0.4) is 0 Å². The third-order valence-corrected chi connectivity index (χ3v) is 0.575. The molecular weight excluding hydrogens is 72.1 g/mol. The Morgan fingerprint density at radius 2 is 2.33 bits per heavy atom. The second kappa shape index (κ2) is 1.81. The summed E-state index contributed by atoms with van der Waals surface area (Å²) in [6.07, 6.45) is 13.0. The summed E-state index contributed by atoms with van der Waals surface area (Å²) in [5.41, 5.74) is 0. The van der Waals surface area contributed by atoms with Crippen LogP contribution in [-0.2, 0) is 0 Å². The van der Waals surface area contributed by atoms with Gasteiger partial charge in [0.25, 0.3) is 0 Å². The van der Waals surface area contributed by atoms with Crippen LogP contribution in [0.4, 0.5) is 0 Å². The van der Waals surface area contributed by atoms with Gasteiger partial charge in [0.05, 0.1) is 0 Å². The second-order valence-electron chi connectivity index (χ2n) is 1.04. The highest BCUT2D eigenvalue weighted by atomic mass is 13.8. The van der Waals surface area contributed by atoms with E-state index in [-0.39, 0.29) is 0 Å². The van der Waals surface area contributed by atoms with Crippen LogP contribution >= 0.6 is 0 Å². The third-order valence-electron chi connectivity index (χ3n) is 0.575. The fraction of sp³-hybridized carbons (Fsp3) is 0.167. The van der Waals surface area contributed by atoms with E-state index in [0.29, 0.717) is 0 Å². The zero-order valence-electron chi connectivity index (χ0n) is 3.36. The Bertz CT molecular complexity index is 66.0. The van der Waals surface area contributed by atoms with Gasteiger partial charge in [0.1, 0.15) is 0 Å². The molecule has 0 aliphatic heterocycles. The normalized spacial score (nSPS) is 18.7. The van der Waals surface area contributed by atoms with Gasteiger partial charge in [-0.3, -0.25) is 0 Å². The summed E-state index contributed by atoms with van der Waals surface area (Å²) in [5, 5.41) is 0. The average molecular weight is 76.1 g/mol. The van der Waals surface area contributed by atoms with Gasteiger partial charge in [-0.25, -0.2) is 0 Å². The minimum Gasteiger partial charge on any atom is -0.0683 e. The standard InChI is InChI=1S/C6H4/c1-2-4-6-5-3-1/h1,4H,5H2. The first-order chi connectivity index (χ1) is 3.00. The van der Waals surface area contributed by atoms with E-state index in [1.807, 2.05) is 0 Å². The highest BCUT2D eigenvalue weighted by Gasteiger charge is 1.80. The summed E-state index contributed by atoms with van der Waals surface area (Å²) in [7, 11) is 0. The molecule has 0 fully saturated rings. The highest BCUT2D eigenvalue weighted by Crippen LogP contribution is 1.94. The van der Waals surface area contributed by atoms with Gasteiger partial charge in [-0.05, 0) is 18.6 Å². The molecule has 1 aliphatic carbocycles. The van der Waals surface area contributed by atoms with E-state index in [9.17, 15) is 0 Å². The Kier molecular flexibility index (Phi) is 1.10. The molecule has 0 amide bonds. The van der Waals surface area contributed by atoms with E-state index in [4.69, 9.17) is 0 Å². The van der Waals surface area contributed by atoms with E-state index in [1.54, 1.807) is 12.2 Å². The smallest absolute Gasteiger partial charge is 0.0138 e. The number of hydrogen-bond donors (Lipinski definition) is 0. The van der Waals surface area contributed by atoms with Gasteiger partial charge in [-0.15, -0.1) is 0 Å². The Morgan fingerprint density at radius 1 is 1.33 bits per heavy atom. The summed E-state index contributed by atoms with van der Waals surface area (Å²) < 4.78 is 0. The van der Waals surface area contributed by atoms with Crippen LogP contribution in [0, 0.1) is 18.6 Å². The van der Waals surface area contributed by atoms with Crippen LogP contribution in [0.5, 0.6) is 0 Å². The molecule has 0 heterocycles. The number of hydrogen-bond acceptors (Lipinski definition) is 0. The zero-order chi connectivity index (χ0) is 4.24. The zero-order valence-corrected chi connectivity index (χ0v) is 3.36. The van der Waals surface area contributed by atoms with Crippen molar-refractivity contribution in [1.82, 2.24) is 0 Å². The first-order valence-electron chi connectivity index (χ1n) is 1.86. The summed E-state index contributed by atoms with van der Waals surface area (Å²) in [5.74, 6) is 0. The van der Waals surface area contributed by atoms with Crippen molar-refractivity contribution < 1.29 is 0 Å². The molecule has 0 nitrogen and oxygen atoms in total. The van der Waals surface area contributed by atoms with Crippen LogP contribution in [0.25, 0.3) is 0 Å². The molecule has 0 aromatic carbocycles. The first kappa shape index (κ1) is 3.66. The molecule has 1 rings (SSSR count). The van der Waals surface area contributed by atoms with Crippen molar-refractivity contribution in [2.75, 3.05) is 0 Å². The fourth-order valence-electron chi connectivity index (χ4n) is 0.321. The van der Waals surface area contributed by atoms with Gasteiger partial charge in [0, 0.05) is 6.42 Å². The van der Waals surface area contributed by atoms with Crippen LogP contribution in [0.2, 0.25) is 0 Å². The molecule has 0 N–H and O–H groups in total. The minimum absolute atomic E-state index is 0.826. The fourth-order valence-corrected chi connectivity index (χ4v) is 0.321. The molecule has 0 unspecified atom stereocenters. The van der Waals surface area contributed by atoms with Gasteiger partial charge in [-0.2, -0.15) is 0 Å². The molecule has 0 heteroatoms. The molecule has 0 saturated heterocycles. The molecule has 0 aromatic rings. The van der Waals surface area contributed by atoms with Crippen LogP contribution in [0.1, 0.15) is 6.42 Å². The van der Waals surface area contributed by atoms with Crippen molar-refractivity contribution in [1.29, 1.82) is 0 Å². The van der Waals surface area contributed by atoms with Crippen LogP contribution in [0.15, 0.2) is 12.2 Å². The summed E-state index contributed by atoms with van der Waals surface area (Å²) in [6, 6.07) is 0. The second-order valence-corrected chi connectivity index (χ2v) is 1.04. The van der Waals surface area contributed by atoms with Crippen molar-refractivity contribution in [3.05, 3.63) is 30.7 Å². The predicted molar refractivity (Wildman–Crippen MR) is 23.5 cm³/mol.